The van der Waals surface area contributed by atoms with Crippen LogP contribution in [0, 0.1) is 5.92 Å². The predicted octanol–water partition coefficient (Wildman–Crippen LogP) is 4.31. The van der Waals surface area contributed by atoms with Gasteiger partial charge in [0.25, 0.3) is 0 Å². The third kappa shape index (κ3) is 4.29. The van der Waals surface area contributed by atoms with Gasteiger partial charge >= 0.3 is 0 Å². The number of anilines is 1. The van der Waals surface area contributed by atoms with Crippen molar-refractivity contribution >= 4 is 38.3 Å². The van der Waals surface area contributed by atoms with E-state index in [0.717, 1.165) is 33.8 Å². The van der Waals surface area contributed by atoms with Crippen LogP contribution in [0.4, 0.5) is 5.69 Å². The van der Waals surface area contributed by atoms with E-state index in [4.69, 9.17) is 5.73 Å². The summed E-state index contributed by atoms with van der Waals surface area (Å²) in [6, 6.07) is 11.9. The van der Waals surface area contributed by atoms with E-state index in [9.17, 15) is 4.79 Å². The van der Waals surface area contributed by atoms with Gasteiger partial charge < -0.3 is 11.1 Å². The fraction of sp³-hybridized carbons (Fsp3) is 0.353. The van der Waals surface area contributed by atoms with Crippen molar-refractivity contribution in [3.05, 3.63) is 40.9 Å². The summed E-state index contributed by atoms with van der Waals surface area (Å²) in [5.74, 6) is 0.550. The van der Waals surface area contributed by atoms with Crippen molar-refractivity contribution in [2.45, 2.75) is 26.2 Å². The molecule has 0 aromatic heterocycles. The van der Waals surface area contributed by atoms with Crippen LogP contribution < -0.4 is 11.1 Å². The number of hydrogen-bond acceptors (Lipinski definition) is 2. The number of amides is 1. The van der Waals surface area contributed by atoms with Crippen LogP contribution in [0.3, 0.4) is 0 Å². The van der Waals surface area contributed by atoms with Gasteiger partial charge in [0.15, 0.2) is 0 Å². The van der Waals surface area contributed by atoms with Gasteiger partial charge in [-0.05, 0) is 42.8 Å². The average molecular weight is 349 g/mol. The van der Waals surface area contributed by atoms with E-state index < -0.39 is 0 Å². The number of benzene rings is 2. The highest BCUT2D eigenvalue weighted by Crippen LogP contribution is 2.30. The smallest absolute Gasteiger partial charge is 0.224 e. The Balaban J connectivity index is 2.06. The summed E-state index contributed by atoms with van der Waals surface area (Å²) in [6.07, 6.45) is 2.37. The highest BCUT2D eigenvalue weighted by atomic mass is 79.9. The molecule has 112 valence electrons. The molecule has 4 heteroatoms. The highest BCUT2D eigenvalue weighted by molar-refractivity contribution is 9.10. The SMILES string of the molecule is CC(CCN)CCC(=O)Nc1ccc(Br)c2ccccc12. The summed E-state index contributed by atoms with van der Waals surface area (Å²) in [4.78, 5) is 12.1. The summed E-state index contributed by atoms with van der Waals surface area (Å²) in [5.41, 5.74) is 6.40. The van der Waals surface area contributed by atoms with E-state index >= 15 is 0 Å². The lowest BCUT2D eigenvalue weighted by Crippen LogP contribution is -2.14. The molecule has 0 fully saturated rings. The summed E-state index contributed by atoms with van der Waals surface area (Å²) in [6.45, 7) is 2.81. The average Bonchev–Trinajstić information content (AvgIpc) is 2.49. The van der Waals surface area contributed by atoms with Crippen LogP contribution in [0.5, 0.6) is 0 Å². The van der Waals surface area contributed by atoms with Crippen LogP contribution in [0.15, 0.2) is 40.9 Å². The molecule has 2 rings (SSSR count). The van der Waals surface area contributed by atoms with Crippen LogP contribution in [-0.4, -0.2) is 12.5 Å². The Kier molecular flexibility index (Phi) is 5.76. The first-order valence-electron chi connectivity index (χ1n) is 7.29. The van der Waals surface area contributed by atoms with Crippen molar-refractivity contribution in [3.8, 4) is 0 Å². The minimum absolute atomic E-state index is 0.0614. The van der Waals surface area contributed by atoms with Gasteiger partial charge in [0.2, 0.25) is 5.91 Å². The Morgan fingerprint density at radius 2 is 1.90 bits per heavy atom. The zero-order chi connectivity index (χ0) is 15.2. The van der Waals surface area contributed by atoms with E-state index in [-0.39, 0.29) is 5.91 Å². The van der Waals surface area contributed by atoms with Crippen molar-refractivity contribution in [1.82, 2.24) is 0 Å². The molecule has 0 bridgehead atoms. The zero-order valence-corrected chi connectivity index (χ0v) is 13.8. The molecule has 0 aliphatic carbocycles. The Morgan fingerprint density at radius 1 is 1.19 bits per heavy atom. The molecular formula is C17H21BrN2O. The van der Waals surface area contributed by atoms with Crippen LogP contribution >= 0.6 is 15.9 Å². The van der Waals surface area contributed by atoms with Crippen LogP contribution in [-0.2, 0) is 4.79 Å². The molecule has 0 spiro atoms. The second-order valence-electron chi connectivity index (χ2n) is 5.41. The van der Waals surface area contributed by atoms with Gasteiger partial charge in [-0.25, -0.2) is 0 Å². The molecule has 21 heavy (non-hydrogen) atoms. The van der Waals surface area contributed by atoms with Gasteiger partial charge in [-0.2, -0.15) is 0 Å². The Labute approximate surface area is 134 Å². The third-order valence-electron chi connectivity index (χ3n) is 3.67. The molecular weight excluding hydrogens is 328 g/mol. The monoisotopic (exact) mass is 348 g/mol. The number of nitrogens with two attached hydrogens (primary N) is 1. The normalized spacial score (nSPS) is 12.3. The van der Waals surface area contributed by atoms with Gasteiger partial charge in [-0.1, -0.05) is 47.1 Å². The quantitative estimate of drug-likeness (QED) is 0.817. The molecule has 2 aromatic carbocycles. The van der Waals surface area contributed by atoms with Crippen molar-refractivity contribution in [2.24, 2.45) is 11.7 Å². The number of hydrogen-bond donors (Lipinski definition) is 2. The molecule has 0 radical (unpaired) electrons. The van der Waals surface area contributed by atoms with Gasteiger partial charge in [0, 0.05) is 22.0 Å². The van der Waals surface area contributed by atoms with Gasteiger partial charge in [-0.15, -0.1) is 0 Å². The lowest BCUT2D eigenvalue weighted by molar-refractivity contribution is -0.116. The molecule has 3 nitrogen and oxygen atoms in total. The van der Waals surface area contributed by atoms with E-state index in [1.54, 1.807) is 0 Å². The lowest BCUT2D eigenvalue weighted by atomic mass is 10.0. The molecule has 0 heterocycles. The van der Waals surface area contributed by atoms with Gasteiger partial charge in [0.05, 0.1) is 0 Å². The van der Waals surface area contributed by atoms with Crippen molar-refractivity contribution < 1.29 is 4.79 Å². The topological polar surface area (TPSA) is 55.1 Å². The zero-order valence-electron chi connectivity index (χ0n) is 12.2. The number of nitrogens with one attached hydrogen (secondary N) is 1. The van der Waals surface area contributed by atoms with Crippen LogP contribution in [0.1, 0.15) is 26.2 Å². The van der Waals surface area contributed by atoms with E-state index in [2.05, 4.69) is 28.2 Å². The Bertz CT molecular complexity index is 627. The van der Waals surface area contributed by atoms with E-state index in [1.807, 2.05) is 36.4 Å². The second-order valence-corrected chi connectivity index (χ2v) is 6.26. The first kappa shape index (κ1) is 16.0. The van der Waals surface area contributed by atoms with Crippen LogP contribution in [0.2, 0.25) is 0 Å². The lowest BCUT2D eigenvalue weighted by Gasteiger charge is -2.12. The third-order valence-corrected chi connectivity index (χ3v) is 4.36. The fourth-order valence-electron chi connectivity index (χ4n) is 2.39. The molecule has 1 atom stereocenters. The summed E-state index contributed by atoms with van der Waals surface area (Å²) >= 11 is 3.54. The largest absolute Gasteiger partial charge is 0.330 e. The number of fused-ring (bicyclic) bond motifs is 1. The van der Waals surface area contributed by atoms with Crippen molar-refractivity contribution in [1.29, 1.82) is 0 Å². The van der Waals surface area contributed by atoms with Gasteiger partial charge in [-0.3, -0.25) is 4.79 Å². The number of halogens is 1. The molecule has 0 saturated carbocycles. The fourth-order valence-corrected chi connectivity index (χ4v) is 2.87. The predicted molar refractivity (Wildman–Crippen MR) is 92.3 cm³/mol. The number of carbonyl (C=O) groups is 1. The first-order chi connectivity index (χ1) is 10.1. The molecule has 0 aliphatic heterocycles. The Morgan fingerprint density at radius 3 is 2.62 bits per heavy atom. The molecule has 0 aliphatic rings. The highest BCUT2D eigenvalue weighted by Gasteiger charge is 2.09. The first-order valence-corrected chi connectivity index (χ1v) is 8.08. The Hall–Kier alpha value is -1.39. The molecule has 1 amide bonds. The summed E-state index contributed by atoms with van der Waals surface area (Å²) < 4.78 is 1.03. The van der Waals surface area contributed by atoms with Crippen molar-refractivity contribution in [2.75, 3.05) is 11.9 Å². The standard InChI is InChI=1S/C17H21BrN2O/c1-12(10-11-19)6-9-17(21)20-16-8-7-15(18)13-4-2-3-5-14(13)16/h2-5,7-8,12H,6,9-11,19H2,1H3,(H,20,21). The van der Waals surface area contributed by atoms with Crippen LogP contribution in [0.25, 0.3) is 10.8 Å². The number of carbonyl (C=O) groups excluding carboxylic acids is 1. The van der Waals surface area contributed by atoms with Crippen molar-refractivity contribution in [3.63, 3.8) is 0 Å². The molecule has 0 saturated heterocycles. The minimum atomic E-state index is 0.0614. The maximum absolute atomic E-state index is 12.1. The second kappa shape index (κ2) is 7.57. The maximum atomic E-state index is 12.1. The van der Waals surface area contributed by atoms with E-state index in [0.29, 0.717) is 18.9 Å². The molecule has 2 aromatic rings. The maximum Gasteiger partial charge on any atom is 0.224 e. The molecule has 1 unspecified atom stereocenters. The summed E-state index contributed by atoms with van der Waals surface area (Å²) in [7, 11) is 0. The minimum Gasteiger partial charge on any atom is -0.330 e. The summed E-state index contributed by atoms with van der Waals surface area (Å²) in [5, 5.41) is 5.17. The van der Waals surface area contributed by atoms with Gasteiger partial charge in [0.1, 0.15) is 0 Å². The van der Waals surface area contributed by atoms with E-state index in [1.165, 1.54) is 0 Å². The number of rotatable bonds is 6. The molecule has 3 N–H and O–H groups in total.